The molecule has 0 saturated heterocycles. The average molecular weight is 320 g/mol. The second-order valence-electron chi connectivity index (χ2n) is 4.90. The van der Waals surface area contributed by atoms with Gasteiger partial charge < -0.3 is 9.15 Å². The zero-order valence-electron chi connectivity index (χ0n) is 11.8. The molecule has 0 aliphatic carbocycles. The van der Waals surface area contributed by atoms with Crippen molar-refractivity contribution in [3.63, 3.8) is 0 Å². The lowest BCUT2D eigenvalue weighted by molar-refractivity contribution is -0.138. The third-order valence-corrected chi connectivity index (χ3v) is 3.31. The normalized spacial score (nSPS) is 11.6. The molecule has 23 heavy (non-hydrogen) atoms. The lowest BCUT2D eigenvalue weighted by atomic mass is 10.1. The van der Waals surface area contributed by atoms with Gasteiger partial charge in [0.05, 0.1) is 5.56 Å². The summed E-state index contributed by atoms with van der Waals surface area (Å²) in [5.74, 6) is 0.323. The molecule has 0 aliphatic heterocycles. The van der Waals surface area contributed by atoms with Crippen LogP contribution in [0.2, 0.25) is 0 Å². The van der Waals surface area contributed by atoms with Crippen molar-refractivity contribution in [2.24, 2.45) is 0 Å². The summed E-state index contributed by atoms with van der Waals surface area (Å²) in [6.07, 6.45) is -4.43. The Kier molecular flexibility index (Phi) is 3.82. The second kappa shape index (κ2) is 5.79. The Morgan fingerprint density at radius 1 is 1.00 bits per heavy atom. The highest BCUT2D eigenvalue weighted by atomic mass is 19.4. The number of alkyl halides is 3. The quantitative estimate of drug-likeness (QED) is 0.672. The molecular weight excluding hydrogens is 309 g/mol. The number of halogens is 3. The standard InChI is InChI=1S/C17H11F3O3/c18-17(19,20)14-4-2-1-3-12(14)10-22-13-7-5-11-6-8-16(21)23-15(11)9-13/h1-9H,10H2. The van der Waals surface area contributed by atoms with Crippen LogP contribution < -0.4 is 10.4 Å². The summed E-state index contributed by atoms with van der Waals surface area (Å²) >= 11 is 0. The van der Waals surface area contributed by atoms with Crippen LogP contribution in [0.25, 0.3) is 11.0 Å². The number of benzene rings is 2. The van der Waals surface area contributed by atoms with E-state index in [-0.39, 0.29) is 12.2 Å². The van der Waals surface area contributed by atoms with Crippen LogP contribution in [-0.2, 0) is 12.8 Å². The third kappa shape index (κ3) is 3.36. The van der Waals surface area contributed by atoms with Gasteiger partial charge in [-0.2, -0.15) is 13.2 Å². The molecule has 0 aliphatic rings. The zero-order chi connectivity index (χ0) is 16.4. The largest absolute Gasteiger partial charge is 0.489 e. The fourth-order valence-electron chi connectivity index (χ4n) is 2.21. The molecule has 0 atom stereocenters. The minimum Gasteiger partial charge on any atom is -0.489 e. The average Bonchev–Trinajstić information content (AvgIpc) is 2.52. The highest BCUT2D eigenvalue weighted by Gasteiger charge is 2.32. The van der Waals surface area contributed by atoms with Crippen molar-refractivity contribution in [3.05, 3.63) is 76.1 Å². The van der Waals surface area contributed by atoms with E-state index in [1.54, 1.807) is 18.2 Å². The van der Waals surface area contributed by atoms with Crippen molar-refractivity contribution >= 4 is 11.0 Å². The molecule has 6 heteroatoms. The maximum Gasteiger partial charge on any atom is 0.416 e. The van der Waals surface area contributed by atoms with E-state index >= 15 is 0 Å². The molecule has 0 N–H and O–H groups in total. The number of hydrogen-bond acceptors (Lipinski definition) is 3. The Bertz CT molecular complexity index is 897. The summed E-state index contributed by atoms with van der Waals surface area (Å²) < 4.78 is 49.2. The Balaban J connectivity index is 1.85. The first kappa shape index (κ1) is 15.1. The van der Waals surface area contributed by atoms with E-state index in [9.17, 15) is 18.0 Å². The van der Waals surface area contributed by atoms with E-state index in [2.05, 4.69) is 0 Å². The predicted octanol–water partition coefficient (Wildman–Crippen LogP) is 4.39. The molecule has 3 aromatic rings. The molecule has 1 heterocycles. The first-order valence-corrected chi connectivity index (χ1v) is 6.75. The van der Waals surface area contributed by atoms with Crippen LogP contribution >= 0.6 is 0 Å². The van der Waals surface area contributed by atoms with Crippen molar-refractivity contribution in [2.75, 3.05) is 0 Å². The van der Waals surface area contributed by atoms with Gasteiger partial charge in [0.2, 0.25) is 0 Å². The highest BCUT2D eigenvalue weighted by Crippen LogP contribution is 2.32. The Labute approximate surface area is 128 Å². The van der Waals surface area contributed by atoms with Gasteiger partial charge in [-0.05, 0) is 24.3 Å². The maximum absolute atomic E-state index is 12.9. The van der Waals surface area contributed by atoms with Gasteiger partial charge in [0.15, 0.2) is 0 Å². The molecule has 0 bridgehead atoms. The van der Waals surface area contributed by atoms with E-state index in [0.717, 1.165) is 6.07 Å². The Morgan fingerprint density at radius 3 is 2.52 bits per heavy atom. The second-order valence-corrected chi connectivity index (χ2v) is 4.90. The number of fused-ring (bicyclic) bond motifs is 1. The monoisotopic (exact) mass is 320 g/mol. The van der Waals surface area contributed by atoms with E-state index < -0.39 is 17.4 Å². The topological polar surface area (TPSA) is 39.4 Å². The van der Waals surface area contributed by atoms with E-state index in [1.165, 1.54) is 30.3 Å². The molecule has 0 fully saturated rings. The lowest BCUT2D eigenvalue weighted by Gasteiger charge is -2.13. The summed E-state index contributed by atoms with van der Waals surface area (Å²) in [6, 6.07) is 12.9. The molecule has 0 amide bonds. The minimum atomic E-state index is -4.43. The van der Waals surface area contributed by atoms with Crippen LogP contribution in [0.15, 0.2) is 63.8 Å². The highest BCUT2D eigenvalue weighted by molar-refractivity contribution is 5.77. The molecule has 0 unspecified atom stereocenters. The van der Waals surface area contributed by atoms with Gasteiger partial charge in [-0.15, -0.1) is 0 Å². The molecule has 2 aromatic carbocycles. The van der Waals surface area contributed by atoms with Gasteiger partial charge in [-0.25, -0.2) is 4.79 Å². The summed E-state index contributed by atoms with van der Waals surface area (Å²) in [6.45, 7) is -0.238. The molecule has 3 rings (SSSR count). The molecule has 1 aromatic heterocycles. The number of rotatable bonds is 3. The van der Waals surface area contributed by atoms with Crippen LogP contribution in [0.1, 0.15) is 11.1 Å². The summed E-state index contributed by atoms with van der Waals surface area (Å²) in [4.78, 5) is 11.2. The lowest BCUT2D eigenvalue weighted by Crippen LogP contribution is -2.10. The van der Waals surface area contributed by atoms with Gasteiger partial charge >= 0.3 is 11.8 Å². The van der Waals surface area contributed by atoms with Gasteiger partial charge in [0.25, 0.3) is 0 Å². The SMILES string of the molecule is O=c1ccc2ccc(OCc3ccccc3C(F)(F)F)cc2o1. The van der Waals surface area contributed by atoms with Crippen LogP contribution in [-0.4, -0.2) is 0 Å². The first-order chi connectivity index (χ1) is 10.9. The summed E-state index contributed by atoms with van der Waals surface area (Å²) in [7, 11) is 0. The summed E-state index contributed by atoms with van der Waals surface area (Å²) in [5.41, 5.74) is -0.877. The number of hydrogen-bond donors (Lipinski definition) is 0. The summed E-state index contributed by atoms with van der Waals surface area (Å²) in [5, 5.41) is 0.702. The Morgan fingerprint density at radius 2 is 1.74 bits per heavy atom. The fourth-order valence-corrected chi connectivity index (χ4v) is 2.21. The maximum atomic E-state index is 12.9. The van der Waals surface area contributed by atoms with Crippen molar-refractivity contribution in [1.82, 2.24) is 0 Å². The van der Waals surface area contributed by atoms with E-state index in [0.29, 0.717) is 16.7 Å². The van der Waals surface area contributed by atoms with Crippen molar-refractivity contribution < 1.29 is 22.3 Å². The predicted molar refractivity (Wildman–Crippen MR) is 78.3 cm³/mol. The fraction of sp³-hybridized carbons (Fsp3) is 0.118. The molecule has 118 valence electrons. The van der Waals surface area contributed by atoms with E-state index in [4.69, 9.17) is 9.15 Å². The van der Waals surface area contributed by atoms with Crippen LogP contribution in [0, 0.1) is 0 Å². The molecule has 0 radical (unpaired) electrons. The van der Waals surface area contributed by atoms with Gasteiger partial charge in [0.1, 0.15) is 17.9 Å². The van der Waals surface area contributed by atoms with Crippen molar-refractivity contribution in [3.8, 4) is 5.75 Å². The van der Waals surface area contributed by atoms with Crippen molar-refractivity contribution in [1.29, 1.82) is 0 Å². The number of ether oxygens (including phenoxy) is 1. The van der Waals surface area contributed by atoms with Crippen LogP contribution in [0.3, 0.4) is 0 Å². The van der Waals surface area contributed by atoms with Gasteiger partial charge in [-0.3, -0.25) is 0 Å². The minimum absolute atomic E-state index is 0.0367. The van der Waals surface area contributed by atoms with E-state index in [1.807, 2.05) is 0 Å². The molecule has 3 nitrogen and oxygen atoms in total. The van der Waals surface area contributed by atoms with Crippen LogP contribution in [0.4, 0.5) is 13.2 Å². The molecule has 0 spiro atoms. The van der Waals surface area contributed by atoms with Gasteiger partial charge in [-0.1, -0.05) is 18.2 Å². The van der Waals surface area contributed by atoms with Crippen molar-refractivity contribution in [2.45, 2.75) is 12.8 Å². The molecule has 0 saturated carbocycles. The molecular formula is C17H11F3O3. The zero-order valence-corrected chi connectivity index (χ0v) is 11.8. The third-order valence-electron chi connectivity index (χ3n) is 3.31. The Hall–Kier alpha value is -2.76. The smallest absolute Gasteiger partial charge is 0.416 e. The first-order valence-electron chi connectivity index (χ1n) is 6.75. The van der Waals surface area contributed by atoms with Crippen LogP contribution in [0.5, 0.6) is 5.75 Å². The van der Waals surface area contributed by atoms with Gasteiger partial charge in [0, 0.05) is 23.1 Å².